The molecule has 0 bridgehead atoms. The van der Waals surface area contributed by atoms with Crippen LogP contribution in [0.2, 0.25) is 0 Å². The zero-order valence-electron chi connectivity index (χ0n) is 12.5. The van der Waals surface area contributed by atoms with Gasteiger partial charge in [-0.1, -0.05) is 6.07 Å². The van der Waals surface area contributed by atoms with Crippen LogP contribution in [0.1, 0.15) is 31.7 Å². The number of aromatic nitrogens is 1. The van der Waals surface area contributed by atoms with Gasteiger partial charge in [0, 0.05) is 31.6 Å². The van der Waals surface area contributed by atoms with Crippen molar-refractivity contribution in [1.29, 1.82) is 0 Å². The summed E-state index contributed by atoms with van der Waals surface area (Å²) in [6.07, 6.45) is 2.30. The van der Waals surface area contributed by atoms with Crippen LogP contribution in [-0.2, 0) is 14.3 Å². The first-order chi connectivity index (χ1) is 10.1. The molecule has 0 N–H and O–H groups in total. The average molecular weight is 292 g/mol. The normalized spacial score (nSPS) is 21.2. The molecule has 2 heterocycles. The highest BCUT2D eigenvalue weighted by atomic mass is 16.5. The Morgan fingerprint density at radius 2 is 2.19 bits per heavy atom. The third kappa shape index (κ3) is 3.32. The summed E-state index contributed by atoms with van der Waals surface area (Å²) in [5.74, 6) is 0.173. The van der Waals surface area contributed by atoms with Gasteiger partial charge >= 0.3 is 5.97 Å². The van der Waals surface area contributed by atoms with Gasteiger partial charge in [0.25, 0.3) is 0 Å². The molecule has 2 atom stereocenters. The Morgan fingerprint density at radius 3 is 2.71 bits per heavy atom. The molecule has 1 unspecified atom stereocenters. The number of amides is 1. The maximum atomic E-state index is 11.8. The highest BCUT2D eigenvalue weighted by Gasteiger charge is 2.39. The molecule has 6 heteroatoms. The second-order valence-electron chi connectivity index (χ2n) is 5.01. The van der Waals surface area contributed by atoms with Gasteiger partial charge in [-0.25, -0.2) is 9.78 Å². The lowest BCUT2D eigenvalue weighted by Gasteiger charge is -2.20. The number of ether oxygens (including phenoxy) is 2. The lowest BCUT2D eigenvalue weighted by molar-refractivity contribution is -0.150. The quantitative estimate of drug-likeness (QED) is 0.784. The van der Waals surface area contributed by atoms with E-state index in [4.69, 9.17) is 9.47 Å². The van der Waals surface area contributed by atoms with Crippen molar-refractivity contribution >= 4 is 11.9 Å². The molecule has 0 spiro atoms. The number of carbonyl (C=O) groups is 2. The Morgan fingerprint density at radius 1 is 1.43 bits per heavy atom. The molecule has 2 rings (SSSR count). The predicted octanol–water partition coefficient (Wildman–Crippen LogP) is 1.36. The highest BCUT2D eigenvalue weighted by Crippen LogP contribution is 2.32. The maximum Gasteiger partial charge on any atom is 0.328 e. The van der Waals surface area contributed by atoms with Gasteiger partial charge in [-0.2, -0.15) is 0 Å². The summed E-state index contributed by atoms with van der Waals surface area (Å²) in [4.78, 5) is 29.3. The predicted molar refractivity (Wildman–Crippen MR) is 76.0 cm³/mol. The summed E-state index contributed by atoms with van der Waals surface area (Å²) >= 11 is 0. The zero-order valence-corrected chi connectivity index (χ0v) is 12.5. The molecule has 0 radical (unpaired) electrons. The molecule has 1 aliphatic heterocycles. The van der Waals surface area contributed by atoms with Crippen LogP contribution in [-0.4, -0.2) is 48.1 Å². The number of esters is 1. The van der Waals surface area contributed by atoms with Crippen molar-refractivity contribution in [3.63, 3.8) is 0 Å². The van der Waals surface area contributed by atoms with Crippen LogP contribution in [0.3, 0.4) is 0 Å². The lowest BCUT2D eigenvalue weighted by atomic mass is 9.98. The number of likely N-dealkylation sites (tertiary alicyclic amines) is 1. The maximum absolute atomic E-state index is 11.8. The smallest absolute Gasteiger partial charge is 0.328 e. The van der Waals surface area contributed by atoms with Crippen LogP contribution in [0, 0.1) is 0 Å². The fraction of sp³-hybridized carbons (Fsp3) is 0.533. The van der Waals surface area contributed by atoms with Crippen LogP contribution < -0.4 is 4.74 Å². The van der Waals surface area contributed by atoms with Crippen LogP contribution in [0.25, 0.3) is 0 Å². The second kappa shape index (κ2) is 6.56. The monoisotopic (exact) mass is 292 g/mol. The van der Waals surface area contributed by atoms with Crippen LogP contribution in [0.15, 0.2) is 18.3 Å². The van der Waals surface area contributed by atoms with E-state index in [1.54, 1.807) is 11.1 Å². The Balaban J connectivity index is 2.14. The van der Waals surface area contributed by atoms with Gasteiger partial charge in [-0.15, -0.1) is 0 Å². The van der Waals surface area contributed by atoms with Gasteiger partial charge in [0.1, 0.15) is 6.04 Å². The molecule has 114 valence electrons. The summed E-state index contributed by atoms with van der Waals surface area (Å²) in [5, 5.41) is 0. The molecule has 1 aliphatic rings. The summed E-state index contributed by atoms with van der Waals surface area (Å²) in [6, 6.07) is 3.23. The third-order valence-corrected chi connectivity index (χ3v) is 3.70. The van der Waals surface area contributed by atoms with Crippen molar-refractivity contribution in [2.75, 3.05) is 20.3 Å². The number of rotatable bonds is 4. The molecule has 1 saturated heterocycles. The standard InChI is InChI=1S/C15H20N2O4/c1-4-21-14-6-5-11(8-16-14)12-7-13(15(19)20-3)17(9-12)10(2)18/h5-6,8,12-13H,4,7,9H2,1-3H3/t12?,13-/m1/s1. The van der Waals surface area contributed by atoms with Gasteiger partial charge in [-0.3, -0.25) is 4.79 Å². The van der Waals surface area contributed by atoms with Crippen LogP contribution in [0.4, 0.5) is 0 Å². The SMILES string of the molecule is CCOc1ccc(C2C[C@H](C(=O)OC)N(C(C)=O)C2)cn1. The van der Waals surface area contributed by atoms with Crippen molar-refractivity contribution in [2.45, 2.75) is 32.2 Å². The number of methoxy groups -OCH3 is 1. The Hall–Kier alpha value is -2.11. The molecule has 1 aromatic rings. The molecule has 1 aromatic heterocycles. The van der Waals surface area contributed by atoms with E-state index in [-0.39, 0.29) is 17.8 Å². The number of hydrogen-bond acceptors (Lipinski definition) is 5. The fourth-order valence-corrected chi connectivity index (χ4v) is 2.65. The second-order valence-corrected chi connectivity index (χ2v) is 5.01. The first-order valence-corrected chi connectivity index (χ1v) is 7.00. The molecule has 1 fully saturated rings. The van der Waals surface area contributed by atoms with Crippen molar-refractivity contribution < 1.29 is 19.1 Å². The molecule has 0 saturated carbocycles. The van der Waals surface area contributed by atoms with E-state index in [9.17, 15) is 9.59 Å². The van der Waals surface area contributed by atoms with E-state index in [0.717, 1.165) is 5.56 Å². The van der Waals surface area contributed by atoms with Crippen molar-refractivity contribution in [1.82, 2.24) is 9.88 Å². The molecule has 0 aromatic carbocycles. The van der Waals surface area contributed by atoms with Gasteiger partial charge in [0.15, 0.2) is 0 Å². The number of hydrogen-bond donors (Lipinski definition) is 0. The minimum absolute atomic E-state index is 0.0844. The van der Waals surface area contributed by atoms with Crippen molar-refractivity contribution in [3.05, 3.63) is 23.9 Å². The first-order valence-electron chi connectivity index (χ1n) is 7.00. The summed E-state index contributed by atoms with van der Waals surface area (Å²) in [5.41, 5.74) is 0.996. The molecule has 1 amide bonds. The van der Waals surface area contributed by atoms with Crippen LogP contribution in [0.5, 0.6) is 5.88 Å². The third-order valence-electron chi connectivity index (χ3n) is 3.70. The largest absolute Gasteiger partial charge is 0.478 e. The van der Waals surface area contributed by atoms with E-state index >= 15 is 0 Å². The summed E-state index contributed by atoms with van der Waals surface area (Å²) in [7, 11) is 1.34. The number of carbonyl (C=O) groups excluding carboxylic acids is 2. The highest BCUT2D eigenvalue weighted by molar-refractivity contribution is 5.84. The zero-order chi connectivity index (χ0) is 15.4. The van der Waals surface area contributed by atoms with Crippen molar-refractivity contribution in [2.24, 2.45) is 0 Å². The first kappa shape index (κ1) is 15.3. The summed E-state index contributed by atoms with van der Waals surface area (Å²) < 4.78 is 10.1. The van der Waals surface area contributed by atoms with Gasteiger partial charge in [0.05, 0.1) is 13.7 Å². The number of pyridine rings is 1. The average Bonchev–Trinajstić information content (AvgIpc) is 2.93. The van der Waals surface area contributed by atoms with E-state index in [2.05, 4.69) is 4.98 Å². The van der Waals surface area contributed by atoms with Gasteiger partial charge in [0.2, 0.25) is 11.8 Å². The fourth-order valence-electron chi connectivity index (χ4n) is 2.65. The molecular formula is C15H20N2O4. The molecular weight excluding hydrogens is 272 g/mol. The van der Waals surface area contributed by atoms with Crippen LogP contribution >= 0.6 is 0 Å². The minimum Gasteiger partial charge on any atom is -0.478 e. The Kier molecular flexibility index (Phi) is 4.77. The number of nitrogens with zero attached hydrogens (tertiary/aromatic N) is 2. The minimum atomic E-state index is -0.510. The molecule has 0 aliphatic carbocycles. The van der Waals surface area contributed by atoms with Gasteiger partial charge in [-0.05, 0) is 18.9 Å². The topological polar surface area (TPSA) is 68.7 Å². The molecule has 6 nitrogen and oxygen atoms in total. The Labute approximate surface area is 124 Å². The van der Waals surface area contributed by atoms with E-state index in [1.807, 2.05) is 19.1 Å². The van der Waals surface area contributed by atoms with E-state index in [0.29, 0.717) is 25.5 Å². The lowest BCUT2D eigenvalue weighted by Crippen LogP contribution is -2.39. The Bertz CT molecular complexity index is 515. The van der Waals surface area contributed by atoms with Crippen molar-refractivity contribution in [3.8, 4) is 5.88 Å². The van der Waals surface area contributed by atoms with Gasteiger partial charge < -0.3 is 14.4 Å². The molecule has 21 heavy (non-hydrogen) atoms. The van der Waals surface area contributed by atoms with E-state index < -0.39 is 6.04 Å². The van der Waals surface area contributed by atoms with E-state index in [1.165, 1.54) is 14.0 Å². The summed E-state index contributed by atoms with van der Waals surface area (Å²) in [6.45, 7) is 4.44.